The quantitative estimate of drug-likeness (QED) is 0.834. The summed E-state index contributed by atoms with van der Waals surface area (Å²) in [7, 11) is 1.54. The molecule has 110 valence electrons. The number of amides is 2. The molecule has 0 spiro atoms. The SMILES string of the molecule is CN(CC(=O)NCC1(O)CCCC1)C(=O)c1ccco1. The van der Waals surface area contributed by atoms with Gasteiger partial charge in [-0.2, -0.15) is 0 Å². The Morgan fingerprint density at radius 2 is 2.15 bits per heavy atom. The number of likely N-dealkylation sites (N-methyl/N-ethyl adjacent to an activating group) is 1. The van der Waals surface area contributed by atoms with Gasteiger partial charge in [0.25, 0.3) is 5.91 Å². The number of carbonyl (C=O) groups is 2. The van der Waals surface area contributed by atoms with Crippen LogP contribution < -0.4 is 5.32 Å². The molecule has 1 fully saturated rings. The lowest BCUT2D eigenvalue weighted by Crippen LogP contribution is -2.45. The number of aliphatic hydroxyl groups is 1. The number of rotatable bonds is 5. The largest absolute Gasteiger partial charge is 0.459 e. The summed E-state index contributed by atoms with van der Waals surface area (Å²) < 4.78 is 4.99. The Morgan fingerprint density at radius 3 is 2.75 bits per heavy atom. The molecule has 2 amide bonds. The van der Waals surface area contributed by atoms with Gasteiger partial charge in [0.2, 0.25) is 5.91 Å². The van der Waals surface area contributed by atoms with Crippen LogP contribution >= 0.6 is 0 Å². The average molecular weight is 280 g/mol. The fourth-order valence-electron chi connectivity index (χ4n) is 2.40. The van der Waals surface area contributed by atoms with E-state index in [4.69, 9.17) is 4.42 Å². The molecule has 20 heavy (non-hydrogen) atoms. The predicted molar refractivity (Wildman–Crippen MR) is 72.1 cm³/mol. The molecular formula is C14H20N2O4. The fourth-order valence-corrected chi connectivity index (χ4v) is 2.40. The maximum Gasteiger partial charge on any atom is 0.289 e. The van der Waals surface area contributed by atoms with Gasteiger partial charge < -0.3 is 19.7 Å². The van der Waals surface area contributed by atoms with Crippen molar-refractivity contribution < 1.29 is 19.1 Å². The van der Waals surface area contributed by atoms with Gasteiger partial charge in [-0.3, -0.25) is 9.59 Å². The van der Waals surface area contributed by atoms with Crippen molar-refractivity contribution >= 4 is 11.8 Å². The molecule has 1 saturated carbocycles. The number of hydrogen-bond donors (Lipinski definition) is 2. The first-order valence-corrected chi connectivity index (χ1v) is 6.78. The monoisotopic (exact) mass is 280 g/mol. The van der Waals surface area contributed by atoms with E-state index in [-0.39, 0.29) is 30.7 Å². The Bertz CT molecular complexity index is 464. The lowest BCUT2D eigenvalue weighted by Gasteiger charge is -2.23. The first-order valence-electron chi connectivity index (χ1n) is 6.78. The molecule has 1 heterocycles. The molecule has 0 bridgehead atoms. The van der Waals surface area contributed by atoms with E-state index in [1.807, 2.05) is 0 Å². The first kappa shape index (κ1) is 14.6. The highest BCUT2D eigenvalue weighted by molar-refractivity contribution is 5.94. The second-order valence-corrected chi connectivity index (χ2v) is 5.35. The minimum atomic E-state index is -0.779. The number of furan rings is 1. The summed E-state index contributed by atoms with van der Waals surface area (Å²) in [5.74, 6) is -0.424. The van der Waals surface area contributed by atoms with Gasteiger partial charge in [-0.15, -0.1) is 0 Å². The van der Waals surface area contributed by atoms with Crippen LogP contribution in [0.4, 0.5) is 0 Å². The van der Waals surface area contributed by atoms with E-state index in [1.54, 1.807) is 12.1 Å². The van der Waals surface area contributed by atoms with Crippen LogP contribution in [0.15, 0.2) is 22.8 Å². The molecule has 1 aliphatic carbocycles. The zero-order valence-corrected chi connectivity index (χ0v) is 11.6. The molecule has 0 radical (unpaired) electrons. The Hall–Kier alpha value is -1.82. The Balaban J connectivity index is 1.78. The van der Waals surface area contributed by atoms with Crippen LogP contribution in [-0.2, 0) is 4.79 Å². The molecule has 0 atom stereocenters. The van der Waals surface area contributed by atoms with Crippen LogP contribution in [0.2, 0.25) is 0 Å². The standard InChI is InChI=1S/C14H20N2O4/c1-16(13(18)11-5-4-8-20-11)9-12(17)15-10-14(19)6-2-3-7-14/h4-5,8,19H,2-3,6-7,9-10H2,1H3,(H,15,17). The van der Waals surface area contributed by atoms with Crippen molar-refractivity contribution in [3.8, 4) is 0 Å². The number of nitrogens with one attached hydrogen (secondary N) is 1. The molecule has 0 unspecified atom stereocenters. The summed E-state index contributed by atoms with van der Waals surface area (Å²) in [4.78, 5) is 24.9. The molecule has 0 aromatic carbocycles. The molecule has 2 rings (SSSR count). The molecule has 1 aromatic heterocycles. The van der Waals surface area contributed by atoms with Gasteiger partial charge in [0.1, 0.15) is 0 Å². The maximum absolute atomic E-state index is 11.9. The third-order valence-corrected chi connectivity index (χ3v) is 3.61. The zero-order valence-electron chi connectivity index (χ0n) is 11.6. The first-order chi connectivity index (χ1) is 9.50. The van der Waals surface area contributed by atoms with Gasteiger partial charge in [0.15, 0.2) is 5.76 Å². The molecule has 0 saturated heterocycles. The minimum absolute atomic E-state index is 0.0599. The second kappa shape index (κ2) is 6.09. The van der Waals surface area contributed by atoms with E-state index in [2.05, 4.69) is 5.32 Å². The molecule has 0 aliphatic heterocycles. The predicted octanol–water partition coefficient (Wildman–Crippen LogP) is 0.773. The van der Waals surface area contributed by atoms with Gasteiger partial charge in [0.05, 0.1) is 18.4 Å². The smallest absolute Gasteiger partial charge is 0.289 e. The summed E-state index contributed by atoms with van der Waals surface area (Å²) >= 11 is 0. The Kier molecular flexibility index (Phi) is 4.44. The molecule has 6 heteroatoms. The van der Waals surface area contributed by atoms with Crippen LogP contribution in [0.25, 0.3) is 0 Å². The van der Waals surface area contributed by atoms with Crippen molar-refractivity contribution in [2.45, 2.75) is 31.3 Å². The van der Waals surface area contributed by atoms with Gasteiger partial charge >= 0.3 is 0 Å². The van der Waals surface area contributed by atoms with E-state index in [9.17, 15) is 14.7 Å². The summed E-state index contributed by atoms with van der Waals surface area (Å²) in [6.45, 7) is 0.185. The van der Waals surface area contributed by atoms with Gasteiger partial charge in [0, 0.05) is 13.6 Å². The van der Waals surface area contributed by atoms with Gasteiger partial charge in [-0.05, 0) is 25.0 Å². The lowest BCUT2D eigenvalue weighted by molar-refractivity contribution is -0.122. The van der Waals surface area contributed by atoms with E-state index in [0.29, 0.717) is 12.8 Å². The van der Waals surface area contributed by atoms with Crippen LogP contribution in [-0.4, -0.2) is 47.6 Å². The number of nitrogens with zero attached hydrogens (tertiary/aromatic N) is 1. The fraction of sp³-hybridized carbons (Fsp3) is 0.571. The van der Waals surface area contributed by atoms with Crippen molar-refractivity contribution in [2.24, 2.45) is 0 Å². The summed E-state index contributed by atoms with van der Waals surface area (Å²) in [5, 5.41) is 12.8. The highest BCUT2D eigenvalue weighted by Gasteiger charge is 2.31. The van der Waals surface area contributed by atoms with Crippen LogP contribution in [0.3, 0.4) is 0 Å². The molecule has 2 N–H and O–H groups in total. The molecule has 6 nitrogen and oxygen atoms in total. The van der Waals surface area contributed by atoms with Crippen molar-refractivity contribution in [2.75, 3.05) is 20.1 Å². The maximum atomic E-state index is 11.9. The third-order valence-electron chi connectivity index (χ3n) is 3.61. The summed E-state index contributed by atoms with van der Waals surface area (Å²) in [5.41, 5.74) is -0.779. The van der Waals surface area contributed by atoms with Crippen molar-refractivity contribution in [1.82, 2.24) is 10.2 Å². The molecular weight excluding hydrogens is 260 g/mol. The van der Waals surface area contributed by atoms with Crippen LogP contribution in [0.5, 0.6) is 0 Å². The summed E-state index contributed by atoms with van der Waals surface area (Å²) in [6.07, 6.45) is 4.83. The van der Waals surface area contributed by atoms with Gasteiger partial charge in [-0.25, -0.2) is 0 Å². The second-order valence-electron chi connectivity index (χ2n) is 5.35. The minimum Gasteiger partial charge on any atom is -0.459 e. The highest BCUT2D eigenvalue weighted by Crippen LogP contribution is 2.28. The molecule has 1 aliphatic rings. The summed E-state index contributed by atoms with van der Waals surface area (Å²) in [6, 6.07) is 3.18. The highest BCUT2D eigenvalue weighted by atomic mass is 16.3. The van der Waals surface area contributed by atoms with Crippen molar-refractivity contribution in [3.63, 3.8) is 0 Å². The van der Waals surface area contributed by atoms with Crippen molar-refractivity contribution in [3.05, 3.63) is 24.2 Å². The van der Waals surface area contributed by atoms with Crippen LogP contribution in [0, 0.1) is 0 Å². The number of carbonyl (C=O) groups excluding carboxylic acids is 2. The van der Waals surface area contributed by atoms with E-state index >= 15 is 0 Å². The van der Waals surface area contributed by atoms with E-state index < -0.39 is 5.60 Å². The Labute approximate surface area is 117 Å². The molecule has 1 aromatic rings. The Morgan fingerprint density at radius 1 is 1.45 bits per heavy atom. The lowest BCUT2D eigenvalue weighted by atomic mass is 10.0. The zero-order chi connectivity index (χ0) is 14.6. The van der Waals surface area contributed by atoms with Crippen molar-refractivity contribution in [1.29, 1.82) is 0 Å². The normalized spacial score (nSPS) is 16.9. The number of hydrogen-bond acceptors (Lipinski definition) is 4. The topological polar surface area (TPSA) is 82.8 Å². The van der Waals surface area contributed by atoms with E-state index in [0.717, 1.165) is 12.8 Å². The van der Waals surface area contributed by atoms with E-state index in [1.165, 1.54) is 18.2 Å². The third kappa shape index (κ3) is 3.60. The average Bonchev–Trinajstić information content (AvgIpc) is 3.07. The van der Waals surface area contributed by atoms with Crippen LogP contribution in [0.1, 0.15) is 36.2 Å². The van der Waals surface area contributed by atoms with Gasteiger partial charge in [-0.1, -0.05) is 12.8 Å².